The van der Waals surface area contributed by atoms with Crippen molar-refractivity contribution >= 4 is 17.2 Å². The van der Waals surface area contributed by atoms with Crippen LogP contribution < -0.4 is 5.73 Å². The summed E-state index contributed by atoms with van der Waals surface area (Å²) in [6, 6.07) is 7.65. The van der Waals surface area contributed by atoms with Gasteiger partial charge in [-0.05, 0) is 30.6 Å². The van der Waals surface area contributed by atoms with Crippen LogP contribution in [-0.2, 0) is 0 Å². The highest BCUT2D eigenvalue weighted by atomic mass is 32.1. The lowest BCUT2D eigenvalue weighted by atomic mass is 10.1. The maximum atomic E-state index is 5.58. The zero-order valence-corrected chi connectivity index (χ0v) is 8.01. The van der Waals surface area contributed by atoms with Crippen LogP contribution in [0.3, 0.4) is 0 Å². The molecule has 0 aliphatic rings. The van der Waals surface area contributed by atoms with Gasteiger partial charge in [-0.3, -0.25) is 0 Å². The highest BCUT2D eigenvalue weighted by Gasteiger charge is 2.04. The van der Waals surface area contributed by atoms with Gasteiger partial charge < -0.3 is 5.73 Å². The minimum atomic E-state index is 0.768. The van der Waals surface area contributed by atoms with Gasteiger partial charge in [-0.15, -0.1) is 5.10 Å². The monoisotopic (exact) mass is 191 g/mol. The Morgan fingerprint density at radius 1 is 1.23 bits per heavy atom. The smallest absolute Gasteiger partial charge is 0.108 e. The molecule has 2 rings (SSSR count). The standard InChI is InChI=1S/C9H9N3S/c1-6-9(11-12-13-6)7-2-4-8(10)5-3-7/h2-5H,10H2,1H3. The predicted octanol–water partition coefficient (Wildman–Crippen LogP) is 2.10. The Hall–Kier alpha value is -1.42. The SMILES string of the molecule is Cc1snnc1-c1ccc(N)cc1. The fourth-order valence-electron chi connectivity index (χ4n) is 1.14. The Balaban J connectivity index is 2.47. The molecule has 4 heteroatoms. The summed E-state index contributed by atoms with van der Waals surface area (Å²) in [6.45, 7) is 2.01. The van der Waals surface area contributed by atoms with Gasteiger partial charge >= 0.3 is 0 Å². The molecule has 13 heavy (non-hydrogen) atoms. The van der Waals surface area contributed by atoms with E-state index in [9.17, 15) is 0 Å². The van der Waals surface area contributed by atoms with Crippen molar-refractivity contribution in [3.05, 3.63) is 29.1 Å². The molecule has 1 aromatic carbocycles. The van der Waals surface area contributed by atoms with Crippen LogP contribution >= 0.6 is 11.5 Å². The van der Waals surface area contributed by atoms with Crippen molar-refractivity contribution < 1.29 is 0 Å². The number of nitrogen functional groups attached to an aromatic ring is 1. The molecule has 66 valence electrons. The molecule has 3 nitrogen and oxygen atoms in total. The minimum absolute atomic E-state index is 0.768. The lowest BCUT2D eigenvalue weighted by Crippen LogP contribution is -1.85. The Bertz CT molecular complexity index is 405. The first kappa shape index (κ1) is 8.19. The predicted molar refractivity (Wildman–Crippen MR) is 54.5 cm³/mol. The van der Waals surface area contributed by atoms with Crippen LogP contribution in [0, 0.1) is 6.92 Å². The lowest BCUT2D eigenvalue weighted by molar-refractivity contribution is 1.16. The summed E-state index contributed by atoms with van der Waals surface area (Å²) in [7, 11) is 0. The average Bonchev–Trinajstić information content (AvgIpc) is 2.53. The first-order valence-electron chi connectivity index (χ1n) is 3.92. The molecular formula is C9H9N3S. The van der Waals surface area contributed by atoms with E-state index < -0.39 is 0 Å². The van der Waals surface area contributed by atoms with E-state index in [1.54, 1.807) is 0 Å². The molecule has 0 unspecified atom stereocenters. The number of nitrogens with two attached hydrogens (primary N) is 1. The van der Waals surface area contributed by atoms with Crippen LogP contribution in [0.15, 0.2) is 24.3 Å². The van der Waals surface area contributed by atoms with Gasteiger partial charge in [0.05, 0.1) is 4.88 Å². The summed E-state index contributed by atoms with van der Waals surface area (Å²) in [4.78, 5) is 1.13. The summed E-state index contributed by atoms with van der Waals surface area (Å²) in [5, 5.41) is 4.04. The highest BCUT2D eigenvalue weighted by molar-refractivity contribution is 7.05. The molecule has 1 aromatic heterocycles. The van der Waals surface area contributed by atoms with E-state index in [2.05, 4.69) is 9.59 Å². The third kappa shape index (κ3) is 1.53. The molecule has 1 heterocycles. The zero-order valence-electron chi connectivity index (χ0n) is 7.19. The van der Waals surface area contributed by atoms with Crippen molar-refractivity contribution in [2.24, 2.45) is 0 Å². The Kier molecular flexibility index (Phi) is 1.98. The fraction of sp³-hybridized carbons (Fsp3) is 0.111. The number of nitrogens with zero attached hydrogens (tertiary/aromatic N) is 2. The van der Waals surface area contributed by atoms with Gasteiger partial charge in [0, 0.05) is 11.3 Å². The van der Waals surface area contributed by atoms with Gasteiger partial charge in [0.15, 0.2) is 0 Å². The van der Waals surface area contributed by atoms with Crippen LogP contribution in [0.1, 0.15) is 4.88 Å². The number of benzene rings is 1. The van der Waals surface area contributed by atoms with Crippen molar-refractivity contribution in [3.8, 4) is 11.3 Å². The summed E-state index contributed by atoms with van der Waals surface area (Å²) in [5.74, 6) is 0. The van der Waals surface area contributed by atoms with Gasteiger partial charge in [0.25, 0.3) is 0 Å². The Labute approximate surface area is 80.4 Å². The van der Waals surface area contributed by atoms with Crippen molar-refractivity contribution in [2.45, 2.75) is 6.92 Å². The van der Waals surface area contributed by atoms with Gasteiger partial charge in [-0.25, -0.2) is 0 Å². The van der Waals surface area contributed by atoms with E-state index in [0.717, 1.165) is 21.8 Å². The maximum absolute atomic E-state index is 5.58. The van der Waals surface area contributed by atoms with Gasteiger partial charge in [0.1, 0.15) is 5.69 Å². The molecule has 2 N–H and O–H groups in total. The van der Waals surface area contributed by atoms with Crippen molar-refractivity contribution in [3.63, 3.8) is 0 Å². The first-order valence-corrected chi connectivity index (χ1v) is 4.69. The largest absolute Gasteiger partial charge is 0.399 e. The Morgan fingerprint density at radius 2 is 1.92 bits per heavy atom. The molecule has 0 saturated heterocycles. The summed E-state index contributed by atoms with van der Waals surface area (Å²) in [6.07, 6.45) is 0. The molecule has 0 aliphatic carbocycles. The van der Waals surface area contributed by atoms with Crippen LogP contribution in [0.2, 0.25) is 0 Å². The van der Waals surface area contributed by atoms with E-state index in [1.165, 1.54) is 11.5 Å². The molecule has 0 saturated carbocycles. The molecule has 2 aromatic rings. The van der Waals surface area contributed by atoms with Crippen LogP contribution in [0.4, 0.5) is 5.69 Å². The number of aryl methyl sites for hydroxylation is 1. The molecule has 0 radical (unpaired) electrons. The summed E-state index contributed by atoms with van der Waals surface area (Å²) < 4.78 is 3.88. The second-order valence-corrected chi connectivity index (χ2v) is 3.76. The lowest BCUT2D eigenvalue weighted by Gasteiger charge is -1.97. The molecule has 0 bridgehead atoms. The quantitative estimate of drug-likeness (QED) is 0.702. The molecule has 0 spiro atoms. The second-order valence-electron chi connectivity index (χ2n) is 2.80. The van der Waals surface area contributed by atoms with Gasteiger partial charge in [0.2, 0.25) is 0 Å². The van der Waals surface area contributed by atoms with E-state index >= 15 is 0 Å². The average molecular weight is 191 g/mol. The first-order chi connectivity index (χ1) is 6.27. The normalized spacial score (nSPS) is 10.2. The molecule has 0 amide bonds. The van der Waals surface area contributed by atoms with Crippen molar-refractivity contribution in [1.82, 2.24) is 9.59 Å². The number of hydrogen-bond donors (Lipinski definition) is 1. The van der Waals surface area contributed by atoms with Crippen molar-refractivity contribution in [2.75, 3.05) is 5.73 Å². The number of aromatic nitrogens is 2. The fourth-order valence-corrected chi connectivity index (χ4v) is 1.63. The maximum Gasteiger partial charge on any atom is 0.108 e. The molecule has 0 fully saturated rings. The Morgan fingerprint density at radius 3 is 2.46 bits per heavy atom. The molecule has 0 atom stereocenters. The third-order valence-corrected chi connectivity index (χ3v) is 2.47. The van der Waals surface area contributed by atoms with Crippen LogP contribution in [0.5, 0.6) is 0 Å². The topological polar surface area (TPSA) is 51.8 Å². The van der Waals surface area contributed by atoms with Gasteiger partial charge in [-0.2, -0.15) is 0 Å². The van der Waals surface area contributed by atoms with E-state index in [4.69, 9.17) is 5.73 Å². The van der Waals surface area contributed by atoms with E-state index in [0.29, 0.717) is 0 Å². The zero-order chi connectivity index (χ0) is 9.26. The number of rotatable bonds is 1. The van der Waals surface area contributed by atoms with E-state index in [-0.39, 0.29) is 0 Å². The van der Waals surface area contributed by atoms with E-state index in [1.807, 2.05) is 31.2 Å². The second kappa shape index (κ2) is 3.14. The summed E-state index contributed by atoms with van der Waals surface area (Å²) >= 11 is 1.41. The minimum Gasteiger partial charge on any atom is -0.399 e. The number of hydrogen-bond acceptors (Lipinski definition) is 4. The number of anilines is 1. The van der Waals surface area contributed by atoms with Crippen molar-refractivity contribution in [1.29, 1.82) is 0 Å². The molecular weight excluding hydrogens is 182 g/mol. The van der Waals surface area contributed by atoms with Crippen LogP contribution in [-0.4, -0.2) is 9.59 Å². The third-order valence-electron chi connectivity index (χ3n) is 1.84. The van der Waals surface area contributed by atoms with Gasteiger partial charge in [-0.1, -0.05) is 16.6 Å². The summed E-state index contributed by atoms with van der Waals surface area (Å²) in [5.41, 5.74) is 8.37. The highest BCUT2D eigenvalue weighted by Crippen LogP contribution is 2.23. The molecule has 0 aliphatic heterocycles. The van der Waals surface area contributed by atoms with Crippen LogP contribution in [0.25, 0.3) is 11.3 Å².